The highest BCUT2D eigenvalue weighted by Gasteiger charge is 2.42. The van der Waals surface area contributed by atoms with E-state index in [1.165, 1.54) is 12.3 Å². The van der Waals surface area contributed by atoms with Crippen molar-refractivity contribution in [2.75, 3.05) is 13.1 Å². The molecule has 1 aliphatic heterocycles. The van der Waals surface area contributed by atoms with Crippen LogP contribution < -0.4 is 16.4 Å². The average molecular weight is 449 g/mol. The topological polar surface area (TPSA) is 80.0 Å². The molecule has 4 N–H and O–H groups in total. The Bertz CT molecular complexity index is 987. The summed E-state index contributed by atoms with van der Waals surface area (Å²) in [4.78, 5) is 17.3. The third-order valence-electron chi connectivity index (χ3n) is 6.95. The number of halogens is 3. The molecule has 0 bridgehead atoms. The number of benzene rings is 1. The van der Waals surface area contributed by atoms with E-state index in [-0.39, 0.29) is 23.8 Å². The normalized spacial score (nSPS) is 26.1. The van der Waals surface area contributed by atoms with Gasteiger partial charge in [-0.15, -0.1) is 0 Å². The van der Waals surface area contributed by atoms with E-state index >= 15 is 0 Å². The first-order valence-electron chi connectivity index (χ1n) is 11.4. The molecule has 1 aliphatic carbocycles. The first-order chi connectivity index (χ1) is 15.1. The summed E-state index contributed by atoms with van der Waals surface area (Å²) < 4.78 is 40.9. The number of aromatic nitrogens is 1. The maximum atomic E-state index is 13.6. The molecule has 2 aromatic rings. The summed E-state index contributed by atoms with van der Waals surface area (Å²) in [6.07, 6.45) is 2.51. The largest absolute Gasteiger partial charge is 0.418 e. The predicted molar refractivity (Wildman–Crippen MR) is 118 cm³/mol. The van der Waals surface area contributed by atoms with Crippen LogP contribution in [0, 0.1) is 5.92 Å². The molecule has 2 aliphatic rings. The number of carbonyl (C=O) groups is 1. The molecule has 32 heavy (non-hydrogen) atoms. The Balaban J connectivity index is 1.74. The molecule has 4 rings (SSSR count). The van der Waals surface area contributed by atoms with Crippen molar-refractivity contribution in [3.8, 4) is 0 Å². The lowest BCUT2D eigenvalue weighted by Gasteiger charge is -2.43. The SMILES string of the molecule is C[C@@H]1CNC[C@](NC(=O)CC2(N)CCCCC2)(c2ccc(C(F)(F)F)c3ncccc23)C1. The third-order valence-corrected chi connectivity index (χ3v) is 6.95. The Hall–Kier alpha value is -2.19. The highest BCUT2D eigenvalue weighted by molar-refractivity contribution is 5.88. The van der Waals surface area contributed by atoms with Gasteiger partial charge in [0.25, 0.3) is 0 Å². The van der Waals surface area contributed by atoms with Crippen molar-refractivity contribution in [3.05, 3.63) is 41.6 Å². The second-order valence-corrected chi connectivity index (χ2v) is 9.73. The monoisotopic (exact) mass is 448 g/mol. The van der Waals surface area contributed by atoms with Gasteiger partial charge in [-0.25, -0.2) is 0 Å². The summed E-state index contributed by atoms with van der Waals surface area (Å²) in [6.45, 7) is 3.30. The summed E-state index contributed by atoms with van der Waals surface area (Å²) >= 11 is 0. The van der Waals surface area contributed by atoms with Crippen LogP contribution in [0.15, 0.2) is 30.5 Å². The molecule has 0 radical (unpaired) electrons. The first kappa shape index (κ1) is 23.0. The van der Waals surface area contributed by atoms with Crippen LogP contribution in [-0.4, -0.2) is 29.5 Å². The van der Waals surface area contributed by atoms with Crippen LogP contribution in [0.5, 0.6) is 0 Å². The molecular weight excluding hydrogens is 417 g/mol. The Kier molecular flexibility index (Phi) is 6.20. The second kappa shape index (κ2) is 8.63. The third kappa shape index (κ3) is 4.62. The summed E-state index contributed by atoms with van der Waals surface area (Å²) in [5.74, 6) is 0.0850. The van der Waals surface area contributed by atoms with E-state index in [9.17, 15) is 18.0 Å². The van der Waals surface area contributed by atoms with Gasteiger partial charge in [0.2, 0.25) is 5.91 Å². The number of alkyl halides is 3. The molecule has 2 atom stereocenters. The number of rotatable bonds is 4. The fourth-order valence-electron chi connectivity index (χ4n) is 5.52. The molecule has 2 fully saturated rings. The minimum Gasteiger partial charge on any atom is -0.345 e. The Morgan fingerprint density at radius 1 is 1.25 bits per heavy atom. The zero-order valence-electron chi connectivity index (χ0n) is 18.4. The van der Waals surface area contributed by atoms with E-state index in [1.807, 2.05) is 0 Å². The molecule has 1 aromatic carbocycles. The van der Waals surface area contributed by atoms with Gasteiger partial charge in [0, 0.05) is 30.1 Å². The minimum absolute atomic E-state index is 0.0908. The van der Waals surface area contributed by atoms with Crippen molar-refractivity contribution in [2.24, 2.45) is 11.7 Å². The quantitative estimate of drug-likeness (QED) is 0.654. The van der Waals surface area contributed by atoms with E-state index in [0.29, 0.717) is 23.9 Å². The number of fused-ring (bicyclic) bond motifs is 1. The zero-order chi connectivity index (χ0) is 23.0. The smallest absolute Gasteiger partial charge is 0.345 e. The molecular formula is C24H31F3N4O. The van der Waals surface area contributed by atoms with Crippen molar-refractivity contribution in [2.45, 2.75) is 69.1 Å². The summed E-state index contributed by atoms with van der Waals surface area (Å²) in [7, 11) is 0. The molecule has 2 heterocycles. The van der Waals surface area contributed by atoms with Crippen LogP contribution >= 0.6 is 0 Å². The zero-order valence-corrected chi connectivity index (χ0v) is 18.4. The van der Waals surface area contributed by atoms with Gasteiger partial charge in [-0.05, 0) is 49.4 Å². The standard InChI is InChI=1S/C24H31F3N4O/c1-16-12-23(15-29-14-16,31-20(32)13-22(28)9-3-2-4-10-22)18-7-8-19(24(25,26)27)21-17(18)6-5-11-30-21/h5-8,11,16,29H,2-4,9-10,12-15,28H2,1H3,(H,31,32)/t16-,23-/m0/s1. The van der Waals surface area contributed by atoms with E-state index in [2.05, 4.69) is 22.5 Å². The van der Waals surface area contributed by atoms with Crippen LogP contribution in [0.4, 0.5) is 13.2 Å². The van der Waals surface area contributed by atoms with Gasteiger partial charge in [0.05, 0.1) is 16.6 Å². The maximum Gasteiger partial charge on any atom is 0.418 e. The van der Waals surface area contributed by atoms with Crippen LogP contribution in [0.2, 0.25) is 0 Å². The highest BCUT2D eigenvalue weighted by Crippen LogP contribution is 2.40. The number of carbonyl (C=O) groups excluding carboxylic acids is 1. The van der Waals surface area contributed by atoms with Gasteiger partial charge >= 0.3 is 6.18 Å². The van der Waals surface area contributed by atoms with Crippen molar-refractivity contribution in [3.63, 3.8) is 0 Å². The van der Waals surface area contributed by atoms with Gasteiger partial charge in [-0.2, -0.15) is 13.2 Å². The number of hydrogen-bond acceptors (Lipinski definition) is 4. The Morgan fingerprint density at radius 2 is 2.00 bits per heavy atom. The number of nitrogens with two attached hydrogens (primary N) is 1. The molecule has 1 saturated carbocycles. The molecule has 0 spiro atoms. The lowest BCUT2D eigenvalue weighted by atomic mass is 9.76. The fourth-order valence-corrected chi connectivity index (χ4v) is 5.52. The maximum absolute atomic E-state index is 13.6. The first-order valence-corrected chi connectivity index (χ1v) is 11.4. The average Bonchev–Trinajstić information content (AvgIpc) is 2.72. The molecule has 8 heteroatoms. The Morgan fingerprint density at radius 3 is 2.69 bits per heavy atom. The summed E-state index contributed by atoms with van der Waals surface area (Å²) in [5.41, 5.74) is 4.99. The van der Waals surface area contributed by atoms with E-state index in [1.54, 1.807) is 12.1 Å². The van der Waals surface area contributed by atoms with Crippen LogP contribution in [0.3, 0.4) is 0 Å². The van der Waals surface area contributed by atoms with E-state index in [4.69, 9.17) is 5.73 Å². The number of nitrogens with zero attached hydrogens (tertiary/aromatic N) is 1. The molecule has 5 nitrogen and oxygen atoms in total. The number of piperidine rings is 1. The van der Waals surface area contributed by atoms with Gasteiger partial charge in [-0.1, -0.05) is 38.3 Å². The van der Waals surface area contributed by atoms with Crippen LogP contribution in [-0.2, 0) is 16.5 Å². The van der Waals surface area contributed by atoms with Crippen LogP contribution in [0.1, 0.15) is 63.0 Å². The highest BCUT2D eigenvalue weighted by atomic mass is 19.4. The molecule has 1 aromatic heterocycles. The Labute approximate surface area is 186 Å². The molecule has 0 unspecified atom stereocenters. The second-order valence-electron chi connectivity index (χ2n) is 9.73. The van der Waals surface area contributed by atoms with E-state index < -0.39 is 22.8 Å². The number of nitrogens with one attached hydrogen (secondary N) is 2. The van der Waals surface area contributed by atoms with Gasteiger partial charge in [0.15, 0.2) is 0 Å². The summed E-state index contributed by atoms with van der Waals surface area (Å²) in [5, 5.41) is 6.99. The predicted octanol–water partition coefficient (Wildman–Crippen LogP) is 4.25. The van der Waals surface area contributed by atoms with Crippen LogP contribution in [0.25, 0.3) is 10.9 Å². The number of hydrogen-bond donors (Lipinski definition) is 3. The van der Waals surface area contributed by atoms with Crippen molar-refractivity contribution >= 4 is 16.8 Å². The molecule has 1 saturated heterocycles. The molecule has 1 amide bonds. The van der Waals surface area contributed by atoms with Crippen molar-refractivity contribution in [1.82, 2.24) is 15.6 Å². The lowest BCUT2D eigenvalue weighted by Crippen LogP contribution is -2.58. The fraction of sp³-hybridized carbons (Fsp3) is 0.583. The number of amides is 1. The summed E-state index contributed by atoms with van der Waals surface area (Å²) in [6, 6.07) is 5.89. The van der Waals surface area contributed by atoms with E-state index in [0.717, 1.165) is 44.7 Å². The van der Waals surface area contributed by atoms with Crippen molar-refractivity contribution < 1.29 is 18.0 Å². The van der Waals surface area contributed by atoms with Gasteiger partial charge in [0.1, 0.15) is 0 Å². The van der Waals surface area contributed by atoms with Crippen molar-refractivity contribution in [1.29, 1.82) is 0 Å². The molecule has 174 valence electrons. The number of pyridine rings is 1. The van der Waals surface area contributed by atoms with Gasteiger partial charge < -0.3 is 16.4 Å². The minimum atomic E-state index is -4.51. The van der Waals surface area contributed by atoms with Gasteiger partial charge in [-0.3, -0.25) is 9.78 Å². The lowest BCUT2D eigenvalue weighted by molar-refractivity contribution is -0.136.